The number of amides is 2. The van der Waals surface area contributed by atoms with Crippen LogP contribution in [0.15, 0.2) is 60.7 Å². The van der Waals surface area contributed by atoms with E-state index in [1.54, 1.807) is 11.9 Å². The first kappa shape index (κ1) is 27.0. The van der Waals surface area contributed by atoms with Gasteiger partial charge in [-0.3, -0.25) is 19.4 Å². The van der Waals surface area contributed by atoms with Crippen LogP contribution in [0.3, 0.4) is 0 Å². The third kappa shape index (κ3) is 6.09. The molecule has 2 aromatic carbocycles. The molecule has 2 amide bonds. The molecule has 0 aliphatic carbocycles. The Morgan fingerprint density at radius 1 is 1.05 bits per heavy atom. The molecular formula is C29H38N4O4. The van der Waals surface area contributed by atoms with E-state index in [9.17, 15) is 19.5 Å². The zero-order valence-electron chi connectivity index (χ0n) is 21.9. The van der Waals surface area contributed by atoms with E-state index in [1.165, 1.54) is 6.92 Å². The summed E-state index contributed by atoms with van der Waals surface area (Å²) < 4.78 is 0. The number of hydrogen-bond donors (Lipinski definition) is 3. The Morgan fingerprint density at radius 2 is 1.65 bits per heavy atom. The molecule has 2 aliphatic rings. The van der Waals surface area contributed by atoms with Crippen molar-refractivity contribution in [3.8, 4) is 0 Å². The van der Waals surface area contributed by atoms with Crippen molar-refractivity contribution in [2.24, 2.45) is 5.92 Å². The zero-order valence-corrected chi connectivity index (χ0v) is 21.9. The van der Waals surface area contributed by atoms with Crippen molar-refractivity contribution in [1.82, 2.24) is 20.7 Å². The lowest BCUT2D eigenvalue weighted by molar-refractivity contribution is -0.147. The second kappa shape index (κ2) is 11.5. The first-order valence-corrected chi connectivity index (χ1v) is 13.0. The highest BCUT2D eigenvalue weighted by Gasteiger charge is 2.54. The average molecular weight is 507 g/mol. The van der Waals surface area contributed by atoms with Crippen molar-refractivity contribution in [2.45, 2.75) is 63.3 Å². The number of Topliss-reactive ketones (excluding diaryl/α,β-unsaturated/α-hetero) is 1. The van der Waals surface area contributed by atoms with Crippen molar-refractivity contribution < 1.29 is 19.5 Å². The van der Waals surface area contributed by atoms with Crippen LogP contribution in [0.5, 0.6) is 0 Å². The van der Waals surface area contributed by atoms with Crippen LogP contribution in [0.4, 0.5) is 0 Å². The molecule has 0 radical (unpaired) electrons. The van der Waals surface area contributed by atoms with Crippen LogP contribution in [-0.4, -0.2) is 76.6 Å². The minimum absolute atomic E-state index is 0.0579. The van der Waals surface area contributed by atoms with E-state index < -0.39 is 17.7 Å². The van der Waals surface area contributed by atoms with Gasteiger partial charge < -0.3 is 15.7 Å². The first-order chi connectivity index (χ1) is 17.7. The molecule has 2 fully saturated rings. The van der Waals surface area contributed by atoms with Gasteiger partial charge in [0.25, 0.3) is 5.91 Å². The number of aliphatic hydroxyl groups excluding tert-OH is 1. The third-order valence-electron chi connectivity index (χ3n) is 7.63. The van der Waals surface area contributed by atoms with E-state index in [2.05, 4.69) is 10.6 Å². The van der Waals surface area contributed by atoms with Gasteiger partial charge in [0.15, 0.2) is 5.78 Å². The molecule has 5 unspecified atom stereocenters. The lowest BCUT2D eigenvalue weighted by Crippen LogP contribution is -2.55. The minimum Gasteiger partial charge on any atom is -0.391 e. The second-order valence-corrected chi connectivity index (χ2v) is 10.6. The fourth-order valence-electron chi connectivity index (χ4n) is 5.80. The monoisotopic (exact) mass is 506 g/mol. The van der Waals surface area contributed by atoms with Crippen molar-refractivity contribution in [2.75, 3.05) is 20.1 Å². The summed E-state index contributed by atoms with van der Waals surface area (Å²) in [5.41, 5.74) is 1.12. The summed E-state index contributed by atoms with van der Waals surface area (Å²) in [6.45, 7) is 4.03. The van der Waals surface area contributed by atoms with Gasteiger partial charge in [0, 0.05) is 25.9 Å². The zero-order chi connectivity index (χ0) is 26.6. The molecule has 8 nitrogen and oxygen atoms in total. The number of aliphatic hydroxyl groups is 1. The number of ketones is 1. The van der Waals surface area contributed by atoms with Crippen molar-refractivity contribution in [3.05, 3.63) is 71.8 Å². The van der Waals surface area contributed by atoms with E-state index in [0.717, 1.165) is 11.1 Å². The predicted molar refractivity (Wildman–Crippen MR) is 141 cm³/mol. The number of hydrogen-bond acceptors (Lipinski definition) is 6. The van der Waals surface area contributed by atoms with Gasteiger partial charge in [-0.2, -0.15) is 0 Å². The van der Waals surface area contributed by atoms with Crippen molar-refractivity contribution in [3.63, 3.8) is 0 Å². The van der Waals surface area contributed by atoms with E-state index in [-0.39, 0.29) is 36.0 Å². The lowest BCUT2D eigenvalue weighted by atomic mass is 9.83. The van der Waals surface area contributed by atoms with Crippen LogP contribution < -0.4 is 10.6 Å². The largest absolute Gasteiger partial charge is 0.391 e. The Balaban J connectivity index is 1.52. The predicted octanol–water partition coefficient (Wildman–Crippen LogP) is 1.72. The average Bonchev–Trinajstić information content (AvgIpc) is 3.39. The molecular weight excluding hydrogens is 468 g/mol. The van der Waals surface area contributed by atoms with Crippen LogP contribution in [0.2, 0.25) is 0 Å². The van der Waals surface area contributed by atoms with Crippen molar-refractivity contribution >= 4 is 17.6 Å². The molecule has 5 atom stereocenters. The van der Waals surface area contributed by atoms with E-state index in [4.69, 9.17) is 0 Å². The van der Waals surface area contributed by atoms with Gasteiger partial charge in [0.2, 0.25) is 5.91 Å². The fourth-order valence-corrected chi connectivity index (χ4v) is 5.80. The third-order valence-corrected chi connectivity index (χ3v) is 7.63. The van der Waals surface area contributed by atoms with Gasteiger partial charge in [-0.1, -0.05) is 60.7 Å². The highest BCUT2D eigenvalue weighted by atomic mass is 16.3. The maximum absolute atomic E-state index is 13.7. The molecule has 198 valence electrons. The molecule has 0 aromatic heterocycles. The summed E-state index contributed by atoms with van der Waals surface area (Å²) in [4.78, 5) is 38.7. The fraction of sp³-hybridized carbons (Fsp3) is 0.483. The molecule has 8 heteroatoms. The highest BCUT2D eigenvalue weighted by Crippen LogP contribution is 2.33. The standard InChI is InChI=1S/C29H38N4O4/c1-20(34)31-29(2)19-32-15-14-25(33(32)28(29)37)26(35)18-23(16-21-10-6-4-7-11-21)27(36)24(30-3)17-22-12-8-5-9-13-22/h4-13,23-25,27,30,36H,14-19H2,1-3H3,(H,31,34). The number of likely N-dealkylation sites (N-methyl/N-ethyl adjacent to an activating group) is 1. The molecule has 2 saturated heterocycles. The summed E-state index contributed by atoms with van der Waals surface area (Å²) in [6, 6.07) is 19.1. The Bertz CT molecular complexity index is 1100. The molecule has 2 aliphatic heterocycles. The number of rotatable bonds is 11. The van der Waals surface area contributed by atoms with Gasteiger partial charge in [-0.25, -0.2) is 5.01 Å². The van der Waals surface area contributed by atoms with E-state index >= 15 is 0 Å². The van der Waals surface area contributed by atoms with Crippen molar-refractivity contribution in [1.29, 1.82) is 0 Å². The number of fused-ring (bicyclic) bond motifs is 1. The molecule has 0 bridgehead atoms. The lowest BCUT2D eigenvalue weighted by Gasteiger charge is -2.32. The Hall–Kier alpha value is -3.07. The summed E-state index contributed by atoms with van der Waals surface area (Å²) in [5, 5.41) is 21.0. The molecule has 4 rings (SSSR count). The van der Waals surface area contributed by atoms with Gasteiger partial charge in [0.1, 0.15) is 11.6 Å². The van der Waals surface area contributed by atoms with Crippen LogP contribution >= 0.6 is 0 Å². The number of carbonyl (C=O) groups is 3. The van der Waals surface area contributed by atoms with E-state index in [0.29, 0.717) is 32.4 Å². The van der Waals surface area contributed by atoms with E-state index in [1.807, 2.05) is 72.7 Å². The van der Waals surface area contributed by atoms with Crippen LogP contribution in [-0.2, 0) is 27.2 Å². The summed E-state index contributed by atoms with van der Waals surface area (Å²) >= 11 is 0. The quantitative estimate of drug-likeness (QED) is 0.429. The highest BCUT2D eigenvalue weighted by molar-refractivity contribution is 5.96. The minimum atomic E-state index is -1.04. The topological polar surface area (TPSA) is 102 Å². The number of nitrogens with one attached hydrogen (secondary N) is 2. The number of benzene rings is 2. The molecule has 0 saturated carbocycles. The number of nitrogens with zero attached hydrogens (tertiary/aromatic N) is 2. The Morgan fingerprint density at radius 3 is 2.22 bits per heavy atom. The summed E-state index contributed by atoms with van der Waals surface area (Å²) in [5.74, 6) is -0.915. The SMILES string of the molecule is CNC(Cc1ccccc1)C(O)C(CC(=O)C1CCN2CC(C)(NC(C)=O)C(=O)N12)Cc1ccccc1. The van der Waals surface area contributed by atoms with Gasteiger partial charge in [-0.15, -0.1) is 0 Å². The summed E-state index contributed by atoms with van der Waals surface area (Å²) in [6.07, 6.45) is 1.12. The maximum atomic E-state index is 13.7. The van der Waals surface area contributed by atoms with Crippen LogP contribution in [0.1, 0.15) is 37.8 Å². The van der Waals surface area contributed by atoms with Gasteiger partial charge >= 0.3 is 0 Å². The second-order valence-electron chi connectivity index (χ2n) is 10.6. The molecule has 2 aromatic rings. The first-order valence-electron chi connectivity index (χ1n) is 13.0. The summed E-state index contributed by atoms with van der Waals surface area (Å²) in [7, 11) is 1.83. The molecule has 3 N–H and O–H groups in total. The smallest absolute Gasteiger partial charge is 0.264 e. The van der Waals surface area contributed by atoms with Crippen LogP contribution in [0, 0.1) is 5.92 Å². The Kier molecular flexibility index (Phi) is 8.42. The normalized spacial score (nSPS) is 23.9. The molecule has 0 spiro atoms. The number of hydrazine groups is 1. The number of carbonyl (C=O) groups excluding carboxylic acids is 3. The molecule has 2 heterocycles. The Labute approximate surface area is 219 Å². The molecule has 37 heavy (non-hydrogen) atoms. The van der Waals surface area contributed by atoms with Gasteiger partial charge in [-0.05, 0) is 50.3 Å². The van der Waals surface area contributed by atoms with Gasteiger partial charge in [0.05, 0.1) is 12.6 Å². The maximum Gasteiger partial charge on any atom is 0.264 e. The van der Waals surface area contributed by atoms with Crippen LogP contribution in [0.25, 0.3) is 0 Å².